The smallest absolute Gasteiger partial charge is 0.126 e. The Labute approximate surface area is 72.2 Å². The highest BCUT2D eigenvalue weighted by atomic mass is 16.3. The van der Waals surface area contributed by atoms with E-state index < -0.39 is 5.60 Å². The van der Waals surface area contributed by atoms with Crippen molar-refractivity contribution in [2.45, 2.75) is 26.4 Å². The molecule has 0 aliphatic heterocycles. The summed E-state index contributed by atoms with van der Waals surface area (Å²) in [4.78, 5) is 4.07. The van der Waals surface area contributed by atoms with E-state index in [1.165, 1.54) is 0 Å². The van der Waals surface area contributed by atoms with Crippen molar-refractivity contribution in [1.29, 1.82) is 0 Å². The fourth-order valence-corrected chi connectivity index (χ4v) is 0.885. The molecule has 1 heterocycles. The van der Waals surface area contributed by atoms with Gasteiger partial charge >= 0.3 is 0 Å². The Kier molecular flexibility index (Phi) is 2.06. The van der Waals surface area contributed by atoms with Crippen LogP contribution in [0.1, 0.15) is 25.1 Å². The molecule has 0 saturated heterocycles. The first-order valence-corrected chi connectivity index (χ1v) is 3.87. The molecule has 0 bridgehead atoms. The molecular weight excluding hydrogens is 152 g/mol. The van der Waals surface area contributed by atoms with Gasteiger partial charge in [-0.15, -0.1) is 0 Å². The maximum atomic E-state index is 9.59. The fourth-order valence-electron chi connectivity index (χ4n) is 0.885. The summed E-state index contributed by atoms with van der Waals surface area (Å²) in [5.74, 6) is 0.481. The summed E-state index contributed by atoms with van der Waals surface area (Å²) in [5, 5.41) is 9.59. The number of nitrogen functional groups attached to an aromatic ring is 1. The van der Waals surface area contributed by atoms with Crippen LogP contribution in [0.15, 0.2) is 12.1 Å². The van der Waals surface area contributed by atoms with E-state index in [2.05, 4.69) is 4.98 Å². The van der Waals surface area contributed by atoms with Crippen molar-refractivity contribution in [2.75, 3.05) is 5.73 Å². The van der Waals surface area contributed by atoms with Gasteiger partial charge in [-0.3, -0.25) is 0 Å². The van der Waals surface area contributed by atoms with Gasteiger partial charge in [-0.05, 0) is 32.4 Å². The van der Waals surface area contributed by atoms with Gasteiger partial charge in [0, 0.05) is 0 Å². The lowest BCUT2D eigenvalue weighted by Crippen LogP contribution is -2.18. The molecule has 3 N–H and O–H groups in total. The molecule has 1 aromatic heterocycles. The molecule has 3 heteroatoms. The molecule has 0 amide bonds. The minimum atomic E-state index is -0.915. The zero-order valence-electron chi connectivity index (χ0n) is 7.63. The molecule has 66 valence electrons. The van der Waals surface area contributed by atoms with Crippen LogP contribution < -0.4 is 5.73 Å². The number of hydrogen-bond acceptors (Lipinski definition) is 3. The van der Waals surface area contributed by atoms with E-state index in [0.717, 1.165) is 5.56 Å². The zero-order chi connectivity index (χ0) is 9.35. The number of aryl methyl sites for hydroxylation is 1. The summed E-state index contributed by atoms with van der Waals surface area (Å²) >= 11 is 0. The van der Waals surface area contributed by atoms with Gasteiger partial charge in [0.1, 0.15) is 11.4 Å². The molecule has 0 spiro atoms. The van der Waals surface area contributed by atoms with E-state index in [0.29, 0.717) is 11.5 Å². The van der Waals surface area contributed by atoms with Crippen LogP contribution in [0.4, 0.5) is 5.82 Å². The number of nitrogens with two attached hydrogens (primary N) is 1. The lowest BCUT2D eigenvalue weighted by atomic mass is 10.0. The van der Waals surface area contributed by atoms with Gasteiger partial charge < -0.3 is 10.8 Å². The molecule has 0 aromatic carbocycles. The first-order valence-electron chi connectivity index (χ1n) is 3.87. The third kappa shape index (κ3) is 1.74. The van der Waals surface area contributed by atoms with Crippen molar-refractivity contribution in [3.8, 4) is 0 Å². The highest BCUT2D eigenvalue weighted by molar-refractivity contribution is 5.39. The molecule has 1 rings (SSSR count). The van der Waals surface area contributed by atoms with Gasteiger partial charge in [-0.25, -0.2) is 4.98 Å². The summed E-state index contributed by atoms with van der Waals surface area (Å²) in [6.45, 7) is 5.25. The first-order chi connectivity index (χ1) is 5.41. The third-order valence-electron chi connectivity index (χ3n) is 1.76. The molecule has 0 fully saturated rings. The third-order valence-corrected chi connectivity index (χ3v) is 1.76. The molecule has 12 heavy (non-hydrogen) atoms. The van der Waals surface area contributed by atoms with Crippen molar-refractivity contribution in [1.82, 2.24) is 4.98 Å². The SMILES string of the molecule is Cc1ccc(C(C)(C)O)nc1N. The number of hydrogen-bond donors (Lipinski definition) is 2. The van der Waals surface area contributed by atoms with Crippen LogP contribution in [0, 0.1) is 6.92 Å². The van der Waals surface area contributed by atoms with Crippen LogP contribution in [0.5, 0.6) is 0 Å². The number of rotatable bonds is 1. The zero-order valence-corrected chi connectivity index (χ0v) is 7.63. The van der Waals surface area contributed by atoms with Gasteiger partial charge in [0.05, 0.1) is 5.69 Å². The van der Waals surface area contributed by atoms with Crippen molar-refractivity contribution >= 4 is 5.82 Å². The Balaban J connectivity index is 3.14. The second-order valence-corrected chi connectivity index (χ2v) is 3.46. The summed E-state index contributed by atoms with van der Waals surface area (Å²) in [7, 11) is 0. The second kappa shape index (κ2) is 2.75. The predicted molar refractivity (Wildman–Crippen MR) is 48.6 cm³/mol. The van der Waals surface area contributed by atoms with E-state index in [1.807, 2.05) is 13.0 Å². The summed E-state index contributed by atoms with van der Waals surface area (Å²) in [5.41, 5.74) is 6.22. The van der Waals surface area contributed by atoms with Gasteiger partial charge in [-0.1, -0.05) is 6.07 Å². The largest absolute Gasteiger partial charge is 0.384 e. The maximum Gasteiger partial charge on any atom is 0.126 e. The minimum Gasteiger partial charge on any atom is -0.384 e. The van der Waals surface area contributed by atoms with E-state index in [-0.39, 0.29) is 0 Å². The number of anilines is 1. The van der Waals surface area contributed by atoms with Gasteiger partial charge in [-0.2, -0.15) is 0 Å². The number of aromatic nitrogens is 1. The summed E-state index contributed by atoms with van der Waals surface area (Å²) < 4.78 is 0. The molecule has 0 aliphatic rings. The van der Waals surface area contributed by atoms with Crippen LogP contribution >= 0.6 is 0 Å². The van der Waals surface area contributed by atoms with Crippen molar-refractivity contribution in [3.63, 3.8) is 0 Å². The topological polar surface area (TPSA) is 59.1 Å². The Morgan fingerprint density at radius 3 is 2.42 bits per heavy atom. The van der Waals surface area contributed by atoms with Crippen LogP contribution in [0.25, 0.3) is 0 Å². The molecule has 3 nitrogen and oxygen atoms in total. The Morgan fingerprint density at radius 2 is 2.00 bits per heavy atom. The van der Waals surface area contributed by atoms with E-state index in [4.69, 9.17) is 5.73 Å². The van der Waals surface area contributed by atoms with Crippen LogP contribution in [0.2, 0.25) is 0 Å². The molecule has 0 saturated carbocycles. The lowest BCUT2D eigenvalue weighted by molar-refractivity contribution is 0.0740. The fraction of sp³-hybridized carbons (Fsp3) is 0.444. The van der Waals surface area contributed by atoms with Crippen LogP contribution in [-0.2, 0) is 5.60 Å². The Hall–Kier alpha value is -1.09. The standard InChI is InChI=1S/C9H14N2O/c1-6-4-5-7(9(2,3)12)11-8(6)10/h4-5,12H,1-3H3,(H2,10,11). The Morgan fingerprint density at radius 1 is 1.42 bits per heavy atom. The molecular formula is C9H14N2O. The minimum absolute atomic E-state index is 0.481. The normalized spacial score (nSPS) is 11.7. The predicted octanol–water partition coefficient (Wildman–Crippen LogP) is 1.20. The van der Waals surface area contributed by atoms with Crippen molar-refractivity contribution in [2.24, 2.45) is 0 Å². The van der Waals surface area contributed by atoms with Crippen molar-refractivity contribution < 1.29 is 5.11 Å². The highest BCUT2D eigenvalue weighted by Gasteiger charge is 2.17. The lowest BCUT2D eigenvalue weighted by Gasteiger charge is -2.16. The first kappa shape index (κ1) is 9.00. The number of pyridine rings is 1. The average Bonchev–Trinajstić information content (AvgIpc) is 1.92. The van der Waals surface area contributed by atoms with Gasteiger partial charge in [0.2, 0.25) is 0 Å². The molecule has 0 aliphatic carbocycles. The van der Waals surface area contributed by atoms with Gasteiger partial charge in [0.25, 0.3) is 0 Å². The van der Waals surface area contributed by atoms with E-state index in [1.54, 1.807) is 19.9 Å². The Bertz CT molecular complexity index is 289. The number of nitrogens with zero attached hydrogens (tertiary/aromatic N) is 1. The molecule has 0 radical (unpaired) electrons. The molecule has 1 aromatic rings. The quantitative estimate of drug-likeness (QED) is 0.659. The van der Waals surface area contributed by atoms with Crippen LogP contribution in [0.3, 0.4) is 0 Å². The van der Waals surface area contributed by atoms with Crippen LogP contribution in [-0.4, -0.2) is 10.1 Å². The monoisotopic (exact) mass is 166 g/mol. The molecule has 0 unspecified atom stereocenters. The van der Waals surface area contributed by atoms with E-state index >= 15 is 0 Å². The van der Waals surface area contributed by atoms with E-state index in [9.17, 15) is 5.11 Å². The number of aliphatic hydroxyl groups is 1. The van der Waals surface area contributed by atoms with Crippen molar-refractivity contribution in [3.05, 3.63) is 23.4 Å². The average molecular weight is 166 g/mol. The summed E-state index contributed by atoms with van der Waals surface area (Å²) in [6.07, 6.45) is 0. The second-order valence-electron chi connectivity index (χ2n) is 3.46. The van der Waals surface area contributed by atoms with Gasteiger partial charge in [0.15, 0.2) is 0 Å². The summed E-state index contributed by atoms with van der Waals surface area (Å²) in [6, 6.07) is 3.64. The molecule has 0 atom stereocenters. The maximum absolute atomic E-state index is 9.59. The highest BCUT2D eigenvalue weighted by Crippen LogP contribution is 2.19.